The number of hydrogen-bond acceptors (Lipinski definition) is 2. The zero-order valence-electron chi connectivity index (χ0n) is 13.6. The highest BCUT2D eigenvalue weighted by molar-refractivity contribution is 5.96. The zero-order chi connectivity index (χ0) is 17.0. The van der Waals surface area contributed by atoms with Crippen LogP contribution in [-0.2, 0) is 16.6 Å². The summed E-state index contributed by atoms with van der Waals surface area (Å²) in [5.41, 5.74) is 2.61. The summed E-state index contributed by atoms with van der Waals surface area (Å²) in [6, 6.07) is 14.2. The number of amides is 1. The second-order valence-electron chi connectivity index (χ2n) is 6.51. The first kappa shape index (κ1) is 16.7. The average Bonchev–Trinajstić information content (AvgIpc) is 2.47. The van der Waals surface area contributed by atoms with Crippen molar-refractivity contribution in [1.82, 2.24) is 0 Å². The lowest BCUT2D eigenvalue weighted by Crippen LogP contribution is -2.17. The summed E-state index contributed by atoms with van der Waals surface area (Å²) in [7, 11) is 0. The summed E-state index contributed by atoms with van der Waals surface area (Å²) in [5.74, 6) is -1.26. The minimum atomic E-state index is -1.03. The fourth-order valence-electron chi connectivity index (χ4n) is 2.31. The molecule has 0 aliphatic carbocycles. The van der Waals surface area contributed by atoms with Crippen LogP contribution in [-0.4, -0.2) is 17.0 Å². The van der Waals surface area contributed by atoms with Crippen molar-refractivity contribution in [3.8, 4) is 0 Å². The topological polar surface area (TPSA) is 66.4 Å². The van der Waals surface area contributed by atoms with E-state index in [1.165, 1.54) is 11.6 Å². The van der Waals surface area contributed by atoms with Crippen LogP contribution in [0.3, 0.4) is 0 Å². The van der Waals surface area contributed by atoms with Gasteiger partial charge in [0.2, 0.25) is 5.91 Å². The van der Waals surface area contributed by atoms with Gasteiger partial charge in [0.1, 0.15) is 0 Å². The van der Waals surface area contributed by atoms with Gasteiger partial charge in [-0.25, -0.2) is 4.79 Å². The molecule has 0 bridgehead atoms. The van der Waals surface area contributed by atoms with Crippen molar-refractivity contribution in [2.24, 2.45) is 0 Å². The van der Waals surface area contributed by atoms with Crippen LogP contribution in [0.1, 0.15) is 42.3 Å². The summed E-state index contributed by atoms with van der Waals surface area (Å²) < 4.78 is 0. The smallest absolute Gasteiger partial charge is 0.335 e. The maximum Gasteiger partial charge on any atom is 0.335 e. The summed E-state index contributed by atoms with van der Waals surface area (Å²) in [6.45, 7) is 6.39. The van der Waals surface area contributed by atoms with Crippen molar-refractivity contribution in [3.05, 3.63) is 65.2 Å². The Kier molecular flexibility index (Phi) is 4.84. The van der Waals surface area contributed by atoms with Crippen molar-refractivity contribution in [2.45, 2.75) is 32.6 Å². The monoisotopic (exact) mass is 311 g/mol. The second-order valence-corrected chi connectivity index (χ2v) is 6.51. The molecule has 2 rings (SSSR count). The van der Waals surface area contributed by atoms with E-state index < -0.39 is 5.97 Å². The molecule has 0 heterocycles. The number of carbonyl (C=O) groups excluding carboxylic acids is 1. The van der Waals surface area contributed by atoms with Crippen LogP contribution in [0.5, 0.6) is 0 Å². The predicted octanol–water partition coefficient (Wildman–Crippen LogP) is 3.86. The average molecular weight is 311 g/mol. The predicted molar refractivity (Wildman–Crippen MR) is 90.9 cm³/mol. The highest BCUT2D eigenvalue weighted by Crippen LogP contribution is 2.23. The van der Waals surface area contributed by atoms with Crippen LogP contribution in [0.2, 0.25) is 0 Å². The van der Waals surface area contributed by atoms with Crippen molar-refractivity contribution in [1.29, 1.82) is 0 Å². The molecule has 2 N–H and O–H groups in total. The Morgan fingerprint density at radius 1 is 1.00 bits per heavy atom. The molecule has 1 amide bonds. The molecule has 0 aromatic heterocycles. The molecule has 0 aliphatic heterocycles. The van der Waals surface area contributed by atoms with Crippen molar-refractivity contribution >= 4 is 17.6 Å². The number of nitrogens with one attached hydrogen (secondary N) is 1. The fraction of sp³-hybridized carbons (Fsp3) is 0.263. The van der Waals surface area contributed by atoms with Gasteiger partial charge in [-0.3, -0.25) is 4.79 Å². The van der Waals surface area contributed by atoms with Gasteiger partial charge in [-0.15, -0.1) is 0 Å². The maximum atomic E-state index is 12.1. The van der Waals surface area contributed by atoms with E-state index in [4.69, 9.17) is 5.11 Å². The Morgan fingerprint density at radius 3 is 2.17 bits per heavy atom. The Hall–Kier alpha value is -2.62. The number of carbonyl (C=O) groups is 2. The van der Waals surface area contributed by atoms with Crippen LogP contribution >= 0.6 is 0 Å². The lowest BCUT2D eigenvalue weighted by atomic mass is 9.87. The third kappa shape index (κ3) is 4.42. The van der Waals surface area contributed by atoms with Gasteiger partial charge in [0.15, 0.2) is 0 Å². The number of hydrogen-bond donors (Lipinski definition) is 2. The summed E-state index contributed by atoms with van der Waals surface area (Å²) in [6.07, 6.45) is 0.0312. The molecule has 0 aliphatic rings. The van der Waals surface area contributed by atoms with Crippen LogP contribution in [0.4, 0.5) is 5.69 Å². The van der Waals surface area contributed by atoms with Gasteiger partial charge >= 0.3 is 5.97 Å². The second kappa shape index (κ2) is 6.65. The van der Waals surface area contributed by atoms with Gasteiger partial charge in [-0.05, 0) is 34.7 Å². The van der Waals surface area contributed by atoms with Crippen molar-refractivity contribution in [3.63, 3.8) is 0 Å². The van der Waals surface area contributed by atoms with E-state index >= 15 is 0 Å². The van der Waals surface area contributed by atoms with Gasteiger partial charge in [0, 0.05) is 5.69 Å². The molecule has 0 fully saturated rings. The molecule has 0 spiro atoms. The Bertz CT molecular complexity index is 712. The van der Waals surface area contributed by atoms with Gasteiger partial charge < -0.3 is 10.4 Å². The first-order valence-electron chi connectivity index (χ1n) is 7.49. The zero-order valence-corrected chi connectivity index (χ0v) is 13.6. The summed E-state index contributed by atoms with van der Waals surface area (Å²) in [5, 5.41) is 11.9. The number of aromatic carboxylic acids is 1. The molecule has 2 aromatic carbocycles. The largest absolute Gasteiger partial charge is 0.478 e. The van der Waals surface area contributed by atoms with Crippen molar-refractivity contribution < 1.29 is 14.7 Å². The highest BCUT2D eigenvalue weighted by atomic mass is 16.4. The summed E-state index contributed by atoms with van der Waals surface area (Å²) in [4.78, 5) is 23.3. The number of benzene rings is 2. The van der Waals surface area contributed by atoms with E-state index in [1.807, 2.05) is 24.3 Å². The molecule has 0 radical (unpaired) electrons. The lowest BCUT2D eigenvalue weighted by Gasteiger charge is -2.19. The Labute approximate surface area is 136 Å². The van der Waals surface area contributed by atoms with Crippen LogP contribution in [0, 0.1) is 0 Å². The van der Waals surface area contributed by atoms with Crippen LogP contribution < -0.4 is 5.32 Å². The number of anilines is 1. The van der Waals surface area contributed by atoms with Gasteiger partial charge in [0.05, 0.1) is 12.0 Å². The molecule has 2 aromatic rings. The lowest BCUT2D eigenvalue weighted by molar-refractivity contribution is -0.115. The standard InChI is InChI=1S/C19H21NO3/c1-19(2,3)14-8-10-15(11-9-14)20-17(21)12-13-6-4-5-7-16(13)18(22)23/h4-11H,12H2,1-3H3,(H,20,21)(H,22,23). The molecule has 0 saturated carbocycles. The molecule has 4 nitrogen and oxygen atoms in total. The summed E-state index contributed by atoms with van der Waals surface area (Å²) >= 11 is 0. The molecule has 0 unspecified atom stereocenters. The number of carboxylic acid groups (broad SMARTS) is 1. The number of carboxylic acids is 1. The van der Waals surface area contributed by atoms with E-state index in [2.05, 4.69) is 26.1 Å². The van der Waals surface area contributed by atoms with Crippen molar-refractivity contribution in [2.75, 3.05) is 5.32 Å². The first-order chi connectivity index (χ1) is 10.8. The molecule has 0 atom stereocenters. The molecule has 120 valence electrons. The van der Waals surface area contributed by atoms with E-state index in [9.17, 15) is 9.59 Å². The van der Waals surface area contributed by atoms with Crippen LogP contribution in [0.25, 0.3) is 0 Å². The molecular weight excluding hydrogens is 290 g/mol. The third-order valence-corrected chi connectivity index (χ3v) is 3.63. The van der Waals surface area contributed by atoms with E-state index in [0.717, 1.165) is 0 Å². The highest BCUT2D eigenvalue weighted by Gasteiger charge is 2.14. The van der Waals surface area contributed by atoms with Gasteiger partial charge in [-0.1, -0.05) is 51.1 Å². The Balaban J connectivity index is 2.07. The SMILES string of the molecule is CC(C)(C)c1ccc(NC(=O)Cc2ccccc2C(=O)O)cc1. The Morgan fingerprint density at radius 2 is 1.61 bits per heavy atom. The van der Waals surface area contributed by atoms with Gasteiger partial charge in [-0.2, -0.15) is 0 Å². The third-order valence-electron chi connectivity index (χ3n) is 3.63. The van der Waals surface area contributed by atoms with E-state index in [0.29, 0.717) is 11.3 Å². The van der Waals surface area contributed by atoms with E-state index in [-0.39, 0.29) is 23.3 Å². The fourth-order valence-corrected chi connectivity index (χ4v) is 2.31. The maximum absolute atomic E-state index is 12.1. The first-order valence-corrected chi connectivity index (χ1v) is 7.49. The quantitative estimate of drug-likeness (QED) is 0.901. The number of rotatable bonds is 4. The normalized spacial score (nSPS) is 11.1. The minimum absolute atomic E-state index is 0.0312. The van der Waals surface area contributed by atoms with Gasteiger partial charge in [0.25, 0.3) is 0 Å². The van der Waals surface area contributed by atoms with Crippen LogP contribution in [0.15, 0.2) is 48.5 Å². The molecular formula is C19H21NO3. The molecule has 23 heavy (non-hydrogen) atoms. The minimum Gasteiger partial charge on any atom is -0.478 e. The molecule has 4 heteroatoms. The van der Waals surface area contributed by atoms with E-state index in [1.54, 1.807) is 18.2 Å². The molecule has 0 saturated heterocycles.